The van der Waals surface area contributed by atoms with Crippen LogP contribution in [0.4, 0.5) is 11.4 Å². The van der Waals surface area contributed by atoms with Gasteiger partial charge in [0.1, 0.15) is 9.71 Å². The van der Waals surface area contributed by atoms with Crippen molar-refractivity contribution in [3.8, 4) is 5.69 Å². The zero-order chi connectivity index (χ0) is 19.0. The molecule has 0 spiro atoms. The molecule has 0 fully saturated rings. The molecular weight excluding hydrogens is 358 g/mol. The van der Waals surface area contributed by atoms with E-state index in [0.717, 1.165) is 22.3 Å². The van der Waals surface area contributed by atoms with Crippen LogP contribution in [0.2, 0.25) is 0 Å². The fraction of sp³-hybridized carbons (Fsp3) is 0.0476. The van der Waals surface area contributed by atoms with Gasteiger partial charge in [0, 0.05) is 17.1 Å². The number of amides is 1. The quantitative estimate of drug-likeness (QED) is 0.561. The van der Waals surface area contributed by atoms with Gasteiger partial charge in [0.05, 0.1) is 11.4 Å². The Kier molecular flexibility index (Phi) is 4.25. The second kappa shape index (κ2) is 6.74. The first-order chi connectivity index (χ1) is 13.0. The number of carbonyl (C=O) groups excluding carboxylic acids is 1. The lowest BCUT2D eigenvalue weighted by molar-refractivity contribution is 0.100. The van der Waals surface area contributed by atoms with E-state index in [1.165, 1.54) is 17.4 Å². The lowest BCUT2D eigenvalue weighted by Crippen LogP contribution is -2.16. The third-order valence-electron chi connectivity index (χ3n) is 4.27. The van der Waals surface area contributed by atoms with Gasteiger partial charge >= 0.3 is 0 Å². The number of fused-ring (bicyclic) bond motifs is 1. The molecule has 4 rings (SSSR count). The van der Waals surface area contributed by atoms with E-state index in [4.69, 9.17) is 5.73 Å². The zero-order valence-electron chi connectivity index (χ0n) is 14.6. The van der Waals surface area contributed by atoms with Crippen LogP contribution >= 0.6 is 11.3 Å². The lowest BCUT2D eigenvalue weighted by Gasteiger charge is -2.09. The van der Waals surface area contributed by atoms with E-state index in [9.17, 15) is 9.59 Å². The minimum atomic E-state index is -0.529. The van der Waals surface area contributed by atoms with E-state index in [0.29, 0.717) is 15.4 Å². The first-order valence-corrected chi connectivity index (χ1v) is 9.24. The van der Waals surface area contributed by atoms with Gasteiger partial charge in [-0.05, 0) is 42.8 Å². The normalized spacial score (nSPS) is 10.9. The van der Waals surface area contributed by atoms with Crippen molar-refractivity contribution in [3.05, 3.63) is 87.5 Å². The smallest absolute Gasteiger partial charge is 0.261 e. The minimum Gasteiger partial charge on any atom is -0.365 e. The van der Waals surface area contributed by atoms with Gasteiger partial charge in [0.2, 0.25) is 0 Å². The summed E-state index contributed by atoms with van der Waals surface area (Å²) in [6.07, 6.45) is 0. The van der Waals surface area contributed by atoms with Crippen LogP contribution in [0.5, 0.6) is 0 Å². The number of carbonyl (C=O) groups is 1. The monoisotopic (exact) mass is 375 g/mol. The average molecular weight is 375 g/mol. The van der Waals surface area contributed by atoms with Crippen molar-refractivity contribution in [2.24, 2.45) is 5.73 Å². The largest absolute Gasteiger partial charge is 0.365 e. The third kappa shape index (κ3) is 3.11. The van der Waals surface area contributed by atoms with E-state index in [-0.39, 0.29) is 5.56 Å². The number of hydrogen-bond acceptors (Lipinski definition) is 4. The summed E-state index contributed by atoms with van der Waals surface area (Å²) in [4.78, 5) is 25.7. The Morgan fingerprint density at radius 3 is 2.52 bits per heavy atom. The molecule has 4 aromatic rings. The van der Waals surface area contributed by atoms with Crippen LogP contribution in [0.1, 0.15) is 15.2 Å². The van der Waals surface area contributed by atoms with Crippen LogP contribution in [0.25, 0.3) is 15.9 Å². The van der Waals surface area contributed by atoms with Gasteiger partial charge in [-0.3, -0.25) is 14.2 Å². The molecule has 0 saturated carbocycles. The van der Waals surface area contributed by atoms with Crippen LogP contribution in [0.3, 0.4) is 0 Å². The maximum Gasteiger partial charge on any atom is 0.261 e. The number of para-hydroxylation sites is 1. The van der Waals surface area contributed by atoms with Crippen molar-refractivity contribution in [2.75, 3.05) is 5.32 Å². The molecule has 0 atom stereocenters. The summed E-state index contributed by atoms with van der Waals surface area (Å²) < 4.78 is 1.61. The highest BCUT2D eigenvalue weighted by molar-refractivity contribution is 7.21. The molecule has 0 aliphatic carbocycles. The van der Waals surface area contributed by atoms with E-state index in [2.05, 4.69) is 5.32 Å². The van der Waals surface area contributed by atoms with Gasteiger partial charge in [0.25, 0.3) is 11.5 Å². The second-order valence-corrected chi connectivity index (χ2v) is 7.23. The van der Waals surface area contributed by atoms with Gasteiger partial charge in [-0.25, -0.2) is 0 Å². The van der Waals surface area contributed by atoms with E-state index < -0.39 is 5.91 Å². The van der Waals surface area contributed by atoms with Crippen molar-refractivity contribution in [2.45, 2.75) is 6.92 Å². The summed E-state index contributed by atoms with van der Waals surface area (Å²) >= 11 is 1.22. The van der Waals surface area contributed by atoms with E-state index >= 15 is 0 Å². The number of pyridine rings is 1. The number of aromatic nitrogens is 1. The molecule has 0 aliphatic rings. The Bertz CT molecular complexity index is 1210. The number of nitrogens with two attached hydrogens (primary N) is 1. The highest BCUT2D eigenvalue weighted by Gasteiger charge is 2.20. The first-order valence-electron chi connectivity index (χ1n) is 8.42. The van der Waals surface area contributed by atoms with Crippen molar-refractivity contribution in [1.29, 1.82) is 0 Å². The van der Waals surface area contributed by atoms with Gasteiger partial charge in [-0.15, -0.1) is 11.3 Å². The lowest BCUT2D eigenvalue weighted by atomic mass is 10.2. The topological polar surface area (TPSA) is 77.1 Å². The molecule has 2 heterocycles. The molecule has 5 nitrogen and oxygen atoms in total. The molecule has 6 heteroatoms. The highest BCUT2D eigenvalue weighted by atomic mass is 32.1. The summed E-state index contributed by atoms with van der Waals surface area (Å²) in [5.41, 5.74) is 8.79. The van der Waals surface area contributed by atoms with E-state index in [1.807, 2.05) is 61.5 Å². The van der Waals surface area contributed by atoms with Gasteiger partial charge in [-0.1, -0.05) is 30.3 Å². The summed E-state index contributed by atoms with van der Waals surface area (Å²) in [5, 5.41) is 4.09. The number of thiophene rings is 1. The SMILES string of the molecule is Cc1cccc(Nc2c(C(N)=O)sc3c2ccc(=O)n3-c2ccccc2)c1. The number of nitrogens with zero attached hydrogens (tertiary/aromatic N) is 1. The number of primary amides is 1. The predicted molar refractivity (Wildman–Crippen MR) is 110 cm³/mol. The fourth-order valence-corrected chi connectivity index (χ4v) is 4.19. The van der Waals surface area contributed by atoms with E-state index in [1.54, 1.807) is 10.6 Å². The van der Waals surface area contributed by atoms with Crippen molar-refractivity contribution >= 4 is 38.8 Å². The maximum absolute atomic E-state index is 12.6. The van der Waals surface area contributed by atoms with Crippen LogP contribution in [-0.4, -0.2) is 10.5 Å². The summed E-state index contributed by atoms with van der Waals surface area (Å²) in [6.45, 7) is 2.00. The van der Waals surface area contributed by atoms with Crippen LogP contribution < -0.4 is 16.6 Å². The molecular formula is C21H17N3O2S. The third-order valence-corrected chi connectivity index (χ3v) is 5.47. The number of rotatable bonds is 4. The molecule has 0 unspecified atom stereocenters. The molecule has 2 aromatic heterocycles. The standard InChI is InChI=1S/C21H17N3O2S/c1-13-6-5-7-14(12-13)23-18-16-10-11-17(25)24(15-8-3-2-4-9-15)21(16)27-19(18)20(22)26/h2-12,23H,1H3,(H2,22,26). The Morgan fingerprint density at radius 2 is 1.81 bits per heavy atom. The second-order valence-electron chi connectivity index (χ2n) is 6.23. The first kappa shape index (κ1) is 17.1. The Balaban J connectivity index is 1.98. The molecule has 134 valence electrons. The maximum atomic E-state index is 12.6. The molecule has 0 bridgehead atoms. The Labute approximate surface area is 159 Å². The molecule has 0 saturated heterocycles. The summed E-state index contributed by atoms with van der Waals surface area (Å²) in [5.74, 6) is -0.529. The molecule has 1 amide bonds. The molecule has 2 aromatic carbocycles. The van der Waals surface area contributed by atoms with Crippen molar-refractivity contribution in [1.82, 2.24) is 4.57 Å². The number of hydrogen-bond donors (Lipinski definition) is 2. The van der Waals surface area contributed by atoms with Gasteiger partial charge in [0.15, 0.2) is 0 Å². The summed E-state index contributed by atoms with van der Waals surface area (Å²) in [7, 11) is 0. The Morgan fingerprint density at radius 1 is 1.04 bits per heavy atom. The molecule has 27 heavy (non-hydrogen) atoms. The average Bonchev–Trinajstić information content (AvgIpc) is 3.01. The summed E-state index contributed by atoms with van der Waals surface area (Å²) in [6, 6.07) is 20.4. The Hall–Kier alpha value is -3.38. The number of benzene rings is 2. The number of nitrogens with one attached hydrogen (secondary N) is 1. The van der Waals surface area contributed by atoms with Crippen molar-refractivity contribution < 1.29 is 4.79 Å². The molecule has 0 aliphatic heterocycles. The predicted octanol–water partition coefficient (Wildman–Crippen LogP) is 4.20. The van der Waals surface area contributed by atoms with Crippen LogP contribution in [-0.2, 0) is 0 Å². The van der Waals surface area contributed by atoms with Crippen molar-refractivity contribution in [3.63, 3.8) is 0 Å². The van der Waals surface area contributed by atoms with Crippen LogP contribution in [0, 0.1) is 6.92 Å². The fourth-order valence-electron chi connectivity index (χ4n) is 3.07. The minimum absolute atomic E-state index is 0.159. The highest BCUT2D eigenvalue weighted by Crippen LogP contribution is 2.37. The zero-order valence-corrected chi connectivity index (χ0v) is 15.4. The number of aryl methyl sites for hydroxylation is 1. The van der Waals surface area contributed by atoms with Gasteiger partial charge < -0.3 is 11.1 Å². The van der Waals surface area contributed by atoms with Crippen LogP contribution in [0.15, 0.2) is 71.5 Å². The van der Waals surface area contributed by atoms with Gasteiger partial charge in [-0.2, -0.15) is 0 Å². The molecule has 0 radical (unpaired) electrons. The molecule has 3 N–H and O–H groups in total. The number of anilines is 2.